The molecule has 0 amide bonds. The molecule has 0 nitrogen and oxygen atoms in total. The van der Waals surface area contributed by atoms with Gasteiger partial charge < -0.3 is 0 Å². The van der Waals surface area contributed by atoms with Gasteiger partial charge in [0.15, 0.2) is 0 Å². The van der Waals surface area contributed by atoms with Crippen LogP contribution < -0.4 is 0 Å². The molecule has 2 rings (SSSR count). The normalized spacial score (nSPS) is 19.2. The zero-order valence-corrected chi connectivity index (χ0v) is 10.9. The number of fused-ring (bicyclic) bond motifs is 1. The van der Waals surface area contributed by atoms with E-state index >= 15 is 0 Å². The van der Waals surface area contributed by atoms with Crippen molar-refractivity contribution in [2.24, 2.45) is 5.92 Å². The molecule has 0 spiro atoms. The van der Waals surface area contributed by atoms with E-state index in [2.05, 4.69) is 63.8 Å². The third kappa shape index (κ3) is 1.88. The lowest BCUT2D eigenvalue weighted by Crippen LogP contribution is -2.05. The van der Waals surface area contributed by atoms with Crippen LogP contribution in [0.15, 0.2) is 54.6 Å². The molecule has 1 aromatic rings. The van der Waals surface area contributed by atoms with Crippen molar-refractivity contribution >= 4 is 5.57 Å². The molecule has 1 unspecified atom stereocenters. The smallest absolute Gasteiger partial charge is 0.0124 e. The van der Waals surface area contributed by atoms with Crippen LogP contribution in [0, 0.1) is 5.92 Å². The Bertz CT molecular complexity index is 487. The maximum atomic E-state index is 3.98. The largest absolute Gasteiger partial charge is 0.0984 e. The maximum Gasteiger partial charge on any atom is 0.0124 e. The molecule has 88 valence electrons. The van der Waals surface area contributed by atoms with Crippen molar-refractivity contribution in [3.63, 3.8) is 0 Å². The van der Waals surface area contributed by atoms with Crippen molar-refractivity contribution in [3.8, 4) is 0 Å². The van der Waals surface area contributed by atoms with Crippen molar-refractivity contribution in [2.45, 2.75) is 26.7 Å². The van der Waals surface area contributed by atoms with Gasteiger partial charge in [-0.3, -0.25) is 0 Å². The molecule has 0 saturated carbocycles. The Morgan fingerprint density at radius 2 is 1.94 bits per heavy atom. The zero-order chi connectivity index (χ0) is 12.4. The molecule has 0 saturated heterocycles. The quantitative estimate of drug-likeness (QED) is 0.681. The first-order valence-electron chi connectivity index (χ1n) is 6.29. The predicted molar refractivity (Wildman–Crippen MR) is 76.0 cm³/mol. The Morgan fingerprint density at radius 3 is 2.53 bits per heavy atom. The van der Waals surface area contributed by atoms with E-state index in [-0.39, 0.29) is 0 Å². The van der Waals surface area contributed by atoms with Gasteiger partial charge in [-0.05, 0) is 35.1 Å². The second-order valence-corrected chi connectivity index (χ2v) is 4.88. The second kappa shape index (κ2) is 4.75. The average molecular weight is 224 g/mol. The highest BCUT2D eigenvalue weighted by Crippen LogP contribution is 2.46. The molecule has 0 aliphatic heterocycles. The zero-order valence-electron chi connectivity index (χ0n) is 10.9. The lowest BCUT2D eigenvalue weighted by atomic mass is 9.85. The van der Waals surface area contributed by atoms with Crippen LogP contribution in [-0.2, 0) is 0 Å². The van der Waals surface area contributed by atoms with Gasteiger partial charge in [0.25, 0.3) is 0 Å². The van der Waals surface area contributed by atoms with Crippen molar-refractivity contribution in [2.75, 3.05) is 0 Å². The minimum atomic E-state index is 0.510. The molecule has 0 bridgehead atoms. The number of hydrogen-bond acceptors (Lipinski definition) is 0. The standard InChI is InChI=1S/C17H20/c1-5-9-15-13(6-2)14-10-7-8-11-16(14)17(15)12(3)4/h5-12,17H,2H2,1,3-4H3/b9-5-. The fraction of sp³-hybridized carbons (Fsp3) is 0.294. The van der Waals surface area contributed by atoms with Gasteiger partial charge in [-0.15, -0.1) is 0 Å². The van der Waals surface area contributed by atoms with Crippen molar-refractivity contribution < 1.29 is 0 Å². The average Bonchev–Trinajstić information content (AvgIpc) is 2.62. The number of allylic oxidation sites excluding steroid dienone is 5. The first kappa shape index (κ1) is 11.9. The van der Waals surface area contributed by atoms with Gasteiger partial charge in [0, 0.05) is 5.92 Å². The fourth-order valence-electron chi connectivity index (χ4n) is 2.82. The van der Waals surface area contributed by atoms with Gasteiger partial charge >= 0.3 is 0 Å². The lowest BCUT2D eigenvalue weighted by Gasteiger charge is -2.18. The Balaban J connectivity index is 2.66. The lowest BCUT2D eigenvalue weighted by molar-refractivity contribution is 0.570. The summed E-state index contributed by atoms with van der Waals surface area (Å²) in [6.45, 7) is 10.6. The van der Waals surface area contributed by atoms with Crippen molar-refractivity contribution in [1.29, 1.82) is 0 Å². The van der Waals surface area contributed by atoms with E-state index in [1.807, 2.05) is 6.08 Å². The molecule has 17 heavy (non-hydrogen) atoms. The number of hydrogen-bond donors (Lipinski definition) is 0. The van der Waals surface area contributed by atoms with Crippen LogP contribution in [0.25, 0.3) is 5.57 Å². The van der Waals surface area contributed by atoms with Crippen LogP contribution in [0.1, 0.15) is 37.8 Å². The van der Waals surface area contributed by atoms with E-state index in [1.165, 1.54) is 22.3 Å². The van der Waals surface area contributed by atoms with Gasteiger partial charge in [-0.1, -0.05) is 62.9 Å². The van der Waals surface area contributed by atoms with Crippen LogP contribution in [0.3, 0.4) is 0 Å². The van der Waals surface area contributed by atoms with E-state index < -0.39 is 0 Å². The van der Waals surface area contributed by atoms with Crippen LogP contribution in [-0.4, -0.2) is 0 Å². The topological polar surface area (TPSA) is 0 Å². The van der Waals surface area contributed by atoms with Crippen molar-refractivity contribution in [3.05, 3.63) is 65.8 Å². The van der Waals surface area contributed by atoms with Gasteiger partial charge in [-0.25, -0.2) is 0 Å². The fourth-order valence-corrected chi connectivity index (χ4v) is 2.82. The summed E-state index contributed by atoms with van der Waals surface area (Å²) in [5.41, 5.74) is 5.52. The maximum absolute atomic E-state index is 3.98. The summed E-state index contributed by atoms with van der Waals surface area (Å²) < 4.78 is 0. The molecule has 0 fully saturated rings. The second-order valence-electron chi connectivity index (χ2n) is 4.88. The Morgan fingerprint density at radius 1 is 1.24 bits per heavy atom. The van der Waals surface area contributed by atoms with E-state index in [0.717, 1.165) is 0 Å². The molecule has 1 aromatic carbocycles. The highest BCUT2D eigenvalue weighted by Gasteiger charge is 2.29. The molecule has 1 aliphatic carbocycles. The van der Waals surface area contributed by atoms with E-state index in [9.17, 15) is 0 Å². The third-order valence-corrected chi connectivity index (χ3v) is 3.45. The van der Waals surface area contributed by atoms with E-state index in [0.29, 0.717) is 11.8 Å². The number of rotatable bonds is 3. The van der Waals surface area contributed by atoms with Gasteiger partial charge in [0.1, 0.15) is 0 Å². The summed E-state index contributed by atoms with van der Waals surface area (Å²) in [6.07, 6.45) is 6.36. The number of benzene rings is 1. The summed E-state index contributed by atoms with van der Waals surface area (Å²) in [7, 11) is 0. The van der Waals surface area contributed by atoms with Crippen LogP contribution in [0.4, 0.5) is 0 Å². The van der Waals surface area contributed by atoms with Gasteiger partial charge in [0.05, 0.1) is 0 Å². The summed E-state index contributed by atoms with van der Waals surface area (Å²) in [5.74, 6) is 1.12. The predicted octanol–water partition coefficient (Wildman–Crippen LogP) is 4.96. The molecule has 0 aromatic heterocycles. The van der Waals surface area contributed by atoms with Crippen LogP contribution in [0.5, 0.6) is 0 Å². The minimum absolute atomic E-state index is 0.510. The Kier molecular flexibility index (Phi) is 3.33. The van der Waals surface area contributed by atoms with Crippen molar-refractivity contribution in [1.82, 2.24) is 0 Å². The minimum Gasteiger partial charge on any atom is -0.0984 e. The van der Waals surface area contributed by atoms with Gasteiger partial charge in [-0.2, -0.15) is 0 Å². The summed E-state index contributed by atoms with van der Waals surface area (Å²) >= 11 is 0. The monoisotopic (exact) mass is 224 g/mol. The van der Waals surface area contributed by atoms with E-state index in [1.54, 1.807) is 0 Å². The third-order valence-electron chi connectivity index (χ3n) is 3.45. The molecular weight excluding hydrogens is 204 g/mol. The molecule has 1 aliphatic rings. The van der Waals surface area contributed by atoms with Gasteiger partial charge in [0.2, 0.25) is 0 Å². The highest BCUT2D eigenvalue weighted by molar-refractivity contribution is 5.86. The summed E-state index contributed by atoms with van der Waals surface area (Å²) in [5, 5.41) is 0. The Hall–Kier alpha value is -1.56. The van der Waals surface area contributed by atoms with Crippen LogP contribution in [0.2, 0.25) is 0 Å². The molecular formula is C17H20. The Labute approximate surface area is 104 Å². The molecule has 0 N–H and O–H groups in total. The SMILES string of the molecule is C=CC1=C(/C=C\C)C(C(C)C)c2ccccc21. The highest BCUT2D eigenvalue weighted by atomic mass is 14.3. The summed E-state index contributed by atoms with van der Waals surface area (Å²) in [4.78, 5) is 0. The molecule has 0 heterocycles. The molecule has 0 radical (unpaired) electrons. The molecule has 0 heteroatoms. The molecule has 1 atom stereocenters. The van der Waals surface area contributed by atoms with E-state index in [4.69, 9.17) is 0 Å². The first-order chi connectivity index (χ1) is 8.20. The summed E-state index contributed by atoms with van der Waals surface area (Å²) in [6, 6.07) is 8.70. The van der Waals surface area contributed by atoms with Crippen LogP contribution >= 0.6 is 0 Å². The first-order valence-corrected chi connectivity index (χ1v) is 6.29.